The molecule has 176 valence electrons. The molecule has 2 amide bonds. The molecule has 0 radical (unpaired) electrons. The third kappa shape index (κ3) is 4.08. The van der Waals surface area contributed by atoms with Crippen molar-refractivity contribution >= 4 is 11.8 Å². The first-order chi connectivity index (χ1) is 15.6. The Morgan fingerprint density at radius 3 is 2.52 bits per heavy atom. The Bertz CT molecular complexity index is 1180. The van der Waals surface area contributed by atoms with E-state index >= 15 is 0 Å². The average molecular weight is 465 g/mol. The molecule has 1 fully saturated rings. The maximum absolute atomic E-state index is 13.8. The number of benzene rings is 1. The van der Waals surface area contributed by atoms with Gasteiger partial charge in [-0.05, 0) is 26.7 Å². The summed E-state index contributed by atoms with van der Waals surface area (Å²) < 4.78 is 48.0. The van der Waals surface area contributed by atoms with Gasteiger partial charge in [-0.25, -0.2) is 13.2 Å². The van der Waals surface area contributed by atoms with Gasteiger partial charge >= 0.3 is 0 Å². The normalized spacial score (nSPS) is 22.4. The number of ether oxygens (including phenoxy) is 1. The molecule has 2 aromatic rings. The Morgan fingerprint density at radius 1 is 1.18 bits per heavy atom. The Hall–Kier alpha value is -3.34. The number of halogens is 3. The fourth-order valence-corrected chi connectivity index (χ4v) is 4.24. The highest BCUT2D eigenvalue weighted by Crippen LogP contribution is 2.30. The highest BCUT2D eigenvalue weighted by molar-refractivity contribution is 5.99. The number of aromatic nitrogens is 1. The van der Waals surface area contributed by atoms with E-state index in [1.165, 1.54) is 9.47 Å². The summed E-state index contributed by atoms with van der Waals surface area (Å²) in [6.07, 6.45) is 1.76. The summed E-state index contributed by atoms with van der Waals surface area (Å²) >= 11 is 0. The number of carbonyl (C=O) groups excluding carboxylic acids is 2. The summed E-state index contributed by atoms with van der Waals surface area (Å²) in [6, 6.07) is 0.756. The van der Waals surface area contributed by atoms with Crippen LogP contribution in [-0.4, -0.2) is 44.8 Å². The second kappa shape index (κ2) is 8.54. The van der Waals surface area contributed by atoms with Gasteiger partial charge in [0.2, 0.25) is 5.43 Å². The largest absolute Gasteiger partial charge is 0.503 e. The van der Waals surface area contributed by atoms with Gasteiger partial charge in [-0.3, -0.25) is 14.4 Å². The molecule has 1 aromatic heterocycles. The lowest BCUT2D eigenvalue weighted by Gasteiger charge is -2.39. The molecule has 3 atom stereocenters. The first kappa shape index (κ1) is 22.8. The van der Waals surface area contributed by atoms with Crippen molar-refractivity contribution in [2.75, 3.05) is 0 Å². The van der Waals surface area contributed by atoms with Gasteiger partial charge in [-0.2, -0.15) is 0 Å². The fraction of sp³-hybridized carbons (Fsp3) is 0.409. The van der Waals surface area contributed by atoms with Crippen molar-refractivity contribution in [3.63, 3.8) is 0 Å². The molecule has 8 nitrogen and oxygen atoms in total. The van der Waals surface area contributed by atoms with Gasteiger partial charge in [-0.1, -0.05) is 0 Å². The third-order valence-electron chi connectivity index (χ3n) is 5.99. The number of rotatable bonds is 3. The standard InChI is InChI=1S/C22H22F3N3O5/c1-10-3-4-11(2)33-17-9-27-8-14(19(29)20(30)18(27)22(32)28(10)17)21(31)26-7-13-15(24)5-12(23)6-16(13)25/h5-6,8,10-11,17,30H,3-4,7,9H2,1-2H3,(H,26,31)/t10-,11+,17-/m0/s1. The summed E-state index contributed by atoms with van der Waals surface area (Å²) in [6.45, 7) is 3.15. The molecule has 1 saturated heterocycles. The number of fused-ring (bicyclic) bond motifs is 2. The molecule has 1 aromatic carbocycles. The first-order valence-electron chi connectivity index (χ1n) is 10.4. The molecule has 0 spiro atoms. The van der Waals surface area contributed by atoms with Crippen LogP contribution in [0.1, 0.15) is 53.1 Å². The average Bonchev–Trinajstić information content (AvgIpc) is 2.87. The lowest BCUT2D eigenvalue weighted by molar-refractivity contribution is -0.0875. The Labute approximate surface area is 186 Å². The van der Waals surface area contributed by atoms with Gasteiger partial charge in [-0.15, -0.1) is 0 Å². The van der Waals surface area contributed by atoms with Crippen molar-refractivity contribution < 1.29 is 32.6 Å². The third-order valence-corrected chi connectivity index (χ3v) is 5.99. The molecular weight excluding hydrogens is 443 g/mol. The number of nitrogens with one attached hydrogen (secondary N) is 1. The van der Waals surface area contributed by atoms with Crippen LogP contribution in [0.2, 0.25) is 0 Å². The van der Waals surface area contributed by atoms with Crippen molar-refractivity contribution in [2.24, 2.45) is 0 Å². The van der Waals surface area contributed by atoms with Crippen molar-refractivity contribution in [3.8, 4) is 5.75 Å². The van der Waals surface area contributed by atoms with Crippen LogP contribution in [0.5, 0.6) is 5.75 Å². The Balaban J connectivity index is 1.65. The van der Waals surface area contributed by atoms with Crippen molar-refractivity contribution in [2.45, 2.75) is 58.2 Å². The van der Waals surface area contributed by atoms with E-state index in [-0.39, 0.29) is 24.4 Å². The van der Waals surface area contributed by atoms with Crippen LogP contribution >= 0.6 is 0 Å². The van der Waals surface area contributed by atoms with Crippen LogP contribution < -0.4 is 10.7 Å². The minimum Gasteiger partial charge on any atom is -0.503 e. The molecule has 2 aliphatic heterocycles. The monoisotopic (exact) mass is 465 g/mol. The summed E-state index contributed by atoms with van der Waals surface area (Å²) in [5.41, 5.74) is -2.46. The number of pyridine rings is 1. The van der Waals surface area contributed by atoms with Gasteiger partial charge in [0.05, 0.1) is 12.6 Å². The molecule has 0 saturated carbocycles. The predicted octanol–water partition coefficient (Wildman–Crippen LogP) is 2.27. The second-order valence-corrected chi connectivity index (χ2v) is 8.29. The van der Waals surface area contributed by atoms with E-state index in [4.69, 9.17) is 4.74 Å². The molecular formula is C22H22F3N3O5. The zero-order chi connectivity index (χ0) is 24.0. The maximum atomic E-state index is 13.8. The molecule has 3 heterocycles. The van der Waals surface area contributed by atoms with Crippen molar-refractivity contribution in [3.05, 3.63) is 62.8 Å². The summed E-state index contributed by atoms with van der Waals surface area (Å²) in [4.78, 5) is 39.8. The number of amides is 2. The molecule has 0 unspecified atom stereocenters. The predicted molar refractivity (Wildman–Crippen MR) is 109 cm³/mol. The highest BCUT2D eigenvalue weighted by atomic mass is 19.1. The van der Waals surface area contributed by atoms with Gasteiger partial charge in [0.25, 0.3) is 11.8 Å². The molecule has 0 aliphatic carbocycles. The number of nitrogens with zero attached hydrogens (tertiary/aromatic N) is 2. The van der Waals surface area contributed by atoms with Crippen molar-refractivity contribution in [1.82, 2.24) is 14.8 Å². The zero-order valence-corrected chi connectivity index (χ0v) is 17.9. The lowest BCUT2D eigenvalue weighted by atomic mass is 10.1. The number of carbonyl (C=O) groups is 2. The van der Waals surface area contributed by atoms with Crippen molar-refractivity contribution in [1.29, 1.82) is 0 Å². The molecule has 33 heavy (non-hydrogen) atoms. The van der Waals surface area contributed by atoms with Crippen LogP contribution in [-0.2, 0) is 17.8 Å². The van der Waals surface area contributed by atoms with E-state index in [1.54, 1.807) is 0 Å². The zero-order valence-electron chi connectivity index (χ0n) is 17.9. The van der Waals surface area contributed by atoms with E-state index in [0.29, 0.717) is 18.6 Å². The van der Waals surface area contributed by atoms with Gasteiger partial charge < -0.3 is 24.6 Å². The highest BCUT2D eigenvalue weighted by Gasteiger charge is 2.41. The summed E-state index contributed by atoms with van der Waals surface area (Å²) in [5, 5.41) is 12.7. The number of hydrogen-bond acceptors (Lipinski definition) is 5. The second-order valence-electron chi connectivity index (χ2n) is 8.29. The van der Waals surface area contributed by atoms with E-state index in [9.17, 15) is 32.7 Å². The minimum absolute atomic E-state index is 0.0745. The number of aromatic hydroxyl groups is 1. The van der Waals surface area contributed by atoms with Crippen LogP contribution in [0.25, 0.3) is 0 Å². The topological polar surface area (TPSA) is 101 Å². The van der Waals surface area contributed by atoms with Crippen LogP contribution in [0.4, 0.5) is 13.2 Å². The SMILES string of the molecule is C[C@@H]1CC[C@H](C)N2C(=O)c3c(O)c(=O)c(C(=O)NCc4c(F)cc(F)cc4F)cn3C[C@@H]2O1. The minimum atomic E-state index is -1.20. The molecule has 11 heteroatoms. The Morgan fingerprint density at radius 2 is 1.85 bits per heavy atom. The van der Waals surface area contributed by atoms with E-state index in [2.05, 4.69) is 5.32 Å². The Kier molecular flexibility index (Phi) is 5.91. The smallest absolute Gasteiger partial charge is 0.276 e. The molecule has 2 aliphatic rings. The number of hydrogen-bond donors (Lipinski definition) is 2. The molecule has 4 rings (SSSR count). The summed E-state index contributed by atoms with van der Waals surface area (Å²) in [5.74, 6) is -6.01. The maximum Gasteiger partial charge on any atom is 0.276 e. The van der Waals surface area contributed by atoms with Gasteiger partial charge in [0.15, 0.2) is 17.7 Å². The van der Waals surface area contributed by atoms with Gasteiger partial charge in [0.1, 0.15) is 23.0 Å². The van der Waals surface area contributed by atoms with E-state index < -0.39 is 64.3 Å². The van der Waals surface area contributed by atoms with Crippen LogP contribution in [0.15, 0.2) is 23.1 Å². The molecule has 2 N–H and O–H groups in total. The fourth-order valence-electron chi connectivity index (χ4n) is 4.24. The van der Waals surface area contributed by atoms with E-state index in [1.807, 2.05) is 13.8 Å². The summed E-state index contributed by atoms with van der Waals surface area (Å²) in [7, 11) is 0. The first-order valence-corrected chi connectivity index (χ1v) is 10.4. The van der Waals surface area contributed by atoms with Gasteiger partial charge in [0, 0.05) is 36.5 Å². The lowest BCUT2D eigenvalue weighted by Crippen LogP contribution is -2.53. The van der Waals surface area contributed by atoms with Crippen LogP contribution in [0.3, 0.4) is 0 Å². The van der Waals surface area contributed by atoms with E-state index in [0.717, 1.165) is 12.6 Å². The quantitative estimate of drug-likeness (QED) is 0.725. The molecule has 0 bridgehead atoms. The van der Waals surface area contributed by atoms with Crippen LogP contribution in [0, 0.1) is 17.5 Å².